The molecule has 2 fully saturated rings. The van der Waals surface area contributed by atoms with Gasteiger partial charge < -0.3 is 15.1 Å². The van der Waals surface area contributed by atoms with Gasteiger partial charge in [-0.15, -0.1) is 0 Å². The molecule has 2 saturated heterocycles. The van der Waals surface area contributed by atoms with Crippen LogP contribution in [0, 0.1) is 0 Å². The van der Waals surface area contributed by atoms with E-state index in [4.69, 9.17) is 11.6 Å². The molecule has 0 spiro atoms. The number of halogens is 1. The van der Waals surface area contributed by atoms with Crippen LogP contribution in [0.3, 0.4) is 0 Å². The van der Waals surface area contributed by atoms with Crippen LogP contribution in [0.5, 0.6) is 0 Å². The molecule has 8 heteroatoms. The predicted molar refractivity (Wildman–Crippen MR) is 120 cm³/mol. The zero-order valence-electron chi connectivity index (χ0n) is 16.1. The third kappa shape index (κ3) is 6.78. The van der Waals surface area contributed by atoms with Crippen LogP contribution in [-0.4, -0.2) is 60.4 Å². The first-order valence-corrected chi connectivity index (χ1v) is 12.7. The van der Waals surface area contributed by atoms with E-state index in [-0.39, 0.29) is 18.4 Å². The van der Waals surface area contributed by atoms with E-state index in [1.54, 1.807) is 0 Å². The molecule has 1 atom stereocenters. The van der Waals surface area contributed by atoms with Crippen molar-refractivity contribution >= 4 is 50.7 Å². The molecule has 0 aromatic heterocycles. The lowest BCUT2D eigenvalue weighted by Gasteiger charge is -2.36. The summed E-state index contributed by atoms with van der Waals surface area (Å²) in [6, 6.07) is 7.78. The second-order valence-electron chi connectivity index (χ2n) is 7.20. The second-order valence-corrected chi connectivity index (χ2v) is 10.4. The number of amides is 2. The summed E-state index contributed by atoms with van der Waals surface area (Å²) in [5, 5.41) is 4.28. The van der Waals surface area contributed by atoms with Gasteiger partial charge in [-0.2, -0.15) is 0 Å². The van der Waals surface area contributed by atoms with Gasteiger partial charge in [0.15, 0.2) is 0 Å². The Morgan fingerprint density at radius 3 is 2.54 bits per heavy atom. The van der Waals surface area contributed by atoms with Crippen LogP contribution in [0.4, 0.5) is 5.69 Å². The molecule has 0 aliphatic carbocycles. The van der Waals surface area contributed by atoms with E-state index in [0.29, 0.717) is 19.5 Å². The maximum absolute atomic E-state index is 12.4. The average molecular weight is 442 g/mol. The van der Waals surface area contributed by atoms with E-state index < -0.39 is 0 Å². The Morgan fingerprint density at radius 2 is 1.86 bits per heavy atom. The third-order valence-corrected chi connectivity index (χ3v) is 8.43. The molecule has 1 unspecified atom stereocenters. The first kappa shape index (κ1) is 21.7. The van der Waals surface area contributed by atoms with Crippen molar-refractivity contribution in [2.75, 3.05) is 43.4 Å². The third-order valence-electron chi connectivity index (χ3n) is 5.17. The fourth-order valence-electron chi connectivity index (χ4n) is 3.46. The van der Waals surface area contributed by atoms with Gasteiger partial charge in [0.1, 0.15) is 0 Å². The number of benzene rings is 1. The van der Waals surface area contributed by atoms with Crippen molar-refractivity contribution in [3.8, 4) is 0 Å². The Balaban J connectivity index is 1.28. The number of nitrogens with one attached hydrogen (secondary N) is 1. The Kier molecular flexibility index (Phi) is 8.67. The number of hydrogen-bond acceptors (Lipinski definition) is 5. The van der Waals surface area contributed by atoms with Crippen molar-refractivity contribution in [3.05, 3.63) is 29.3 Å². The summed E-state index contributed by atoms with van der Waals surface area (Å²) in [5.41, 5.74) is 1.12. The van der Waals surface area contributed by atoms with Crippen LogP contribution < -0.4 is 10.2 Å². The van der Waals surface area contributed by atoms with Gasteiger partial charge >= 0.3 is 0 Å². The minimum atomic E-state index is -0.0124. The minimum absolute atomic E-state index is 0.00323. The summed E-state index contributed by atoms with van der Waals surface area (Å²) in [5.74, 6) is 1.25. The number of anilines is 1. The Morgan fingerprint density at radius 1 is 1.11 bits per heavy atom. The zero-order valence-corrected chi connectivity index (χ0v) is 18.5. The van der Waals surface area contributed by atoms with Gasteiger partial charge in [-0.3, -0.25) is 9.59 Å². The lowest BCUT2D eigenvalue weighted by Crippen LogP contribution is -2.51. The average Bonchev–Trinajstić information content (AvgIpc) is 3.24. The van der Waals surface area contributed by atoms with Crippen molar-refractivity contribution in [1.29, 1.82) is 0 Å². The quantitative estimate of drug-likeness (QED) is 0.491. The molecule has 2 heterocycles. The normalized spacial score (nSPS) is 19.7. The molecule has 1 aromatic carbocycles. The lowest BCUT2D eigenvalue weighted by atomic mass is 10.1. The molecule has 28 heavy (non-hydrogen) atoms. The highest BCUT2D eigenvalue weighted by molar-refractivity contribution is 8.77. The molecule has 1 aromatic rings. The van der Waals surface area contributed by atoms with Gasteiger partial charge in [0.2, 0.25) is 11.8 Å². The number of nitrogens with zero attached hydrogens (tertiary/aromatic N) is 2. The number of unbranched alkanes of at least 4 members (excludes halogenated alkanes) is 1. The van der Waals surface area contributed by atoms with Gasteiger partial charge in [0.25, 0.3) is 0 Å². The Hall–Kier alpha value is -1.05. The molecule has 2 amide bonds. The van der Waals surface area contributed by atoms with E-state index >= 15 is 0 Å². The standard InChI is InChI=1S/C20H28ClN3O2S2/c21-16-5-7-17(8-6-16)23-10-12-24(13-11-23)20(26)15-22-19(25)4-2-1-3-18-9-14-27-28-18/h5-8,18H,1-4,9-15H2,(H,22,25). The number of hydrogen-bond donors (Lipinski definition) is 1. The van der Waals surface area contributed by atoms with Gasteiger partial charge in [0.05, 0.1) is 6.54 Å². The van der Waals surface area contributed by atoms with E-state index in [1.165, 1.54) is 18.6 Å². The van der Waals surface area contributed by atoms with Crippen LogP contribution >= 0.6 is 33.2 Å². The van der Waals surface area contributed by atoms with Crippen molar-refractivity contribution < 1.29 is 9.59 Å². The second kappa shape index (κ2) is 11.2. The Labute approximate surface area is 180 Å². The fraction of sp³-hybridized carbons (Fsp3) is 0.600. The molecule has 154 valence electrons. The Bertz CT molecular complexity index is 645. The monoisotopic (exact) mass is 441 g/mol. The fourth-order valence-corrected chi connectivity index (χ4v) is 6.62. The van der Waals surface area contributed by atoms with Crippen molar-refractivity contribution in [3.63, 3.8) is 0 Å². The van der Waals surface area contributed by atoms with Gasteiger partial charge in [0, 0.05) is 54.3 Å². The van der Waals surface area contributed by atoms with E-state index in [1.807, 2.05) is 50.8 Å². The highest BCUT2D eigenvalue weighted by atomic mass is 35.5. The predicted octanol–water partition coefficient (Wildman–Crippen LogP) is 3.82. The van der Waals surface area contributed by atoms with E-state index in [2.05, 4.69) is 10.2 Å². The molecule has 2 aliphatic rings. The summed E-state index contributed by atoms with van der Waals surface area (Å²) < 4.78 is 0. The molecular formula is C20H28ClN3O2S2. The SMILES string of the molecule is O=C(CCCCC1CCSS1)NCC(=O)N1CCN(c2ccc(Cl)cc2)CC1. The summed E-state index contributed by atoms with van der Waals surface area (Å²) in [6.07, 6.45) is 5.00. The molecular weight excluding hydrogens is 414 g/mol. The van der Waals surface area contributed by atoms with Crippen molar-refractivity contribution in [2.24, 2.45) is 0 Å². The molecule has 1 N–H and O–H groups in total. The van der Waals surface area contributed by atoms with Crippen molar-refractivity contribution in [2.45, 2.75) is 37.4 Å². The minimum Gasteiger partial charge on any atom is -0.368 e. The number of rotatable bonds is 8. The van der Waals surface area contributed by atoms with Crippen LogP contribution in [0.2, 0.25) is 5.02 Å². The molecule has 3 rings (SSSR count). The number of carbonyl (C=O) groups excluding carboxylic acids is 2. The van der Waals surface area contributed by atoms with Gasteiger partial charge in [-0.05, 0) is 43.5 Å². The maximum Gasteiger partial charge on any atom is 0.242 e. The van der Waals surface area contributed by atoms with Gasteiger partial charge in [-0.1, -0.05) is 39.6 Å². The molecule has 0 radical (unpaired) electrons. The maximum atomic E-state index is 12.4. The van der Waals surface area contributed by atoms with Crippen LogP contribution in [0.1, 0.15) is 32.1 Å². The highest BCUT2D eigenvalue weighted by Gasteiger charge is 2.21. The van der Waals surface area contributed by atoms with Crippen LogP contribution in [0.25, 0.3) is 0 Å². The summed E-state index contributed by atoms with van der Waals surface area (Å²) in [4.78, 5) is 28.4. The van der Waals surface area contributed by atoms with Crippen LogP contribution in [0.15, 0.2) is 24.3 Å². The lowest BCUT2D eigenvalue weighted by molar-refractivity contribution is -0.133. The first-order chi connectivity index (χ1) is 13.6. The van der Waals surface area contributed by atoms with E-state index in [0.717, 1.165) is 41.9 Å². The highest BCUT2D eigenvalue weighted by Crippen LogP contribution is 2.39. The van der Waals surface area contributed by atoms with E-state index in [9.17, 15) is 9.59 Å². The molecule has 5 nitrogen and oxygen atoms in total. The number of carbonyl (C=O) groups is 2. The number of piperazine rings is 1. The topological polar surface area (TPSA) is 52.7 Å². The zero-order chi connectivity index (χ0) is 19.8. The molecule has 2 aliphatic heterocycles. The van der Waals surface area contributed by atoms with Crippen molar-refractivity contribution in [1.82, 2.24) is 10.2 Å². The summed E-state index contributed by atoms with van der Waals surface area (Å²) >= 11 is 5.94. The molecule has 0 bridgehead atoms. The molecule has 0 saturated carbocycles. The first-order valence-electron chi connectivity index (χ1n) is 9.95. The van der Waals surface area contributed by atoms with Gasteiger partial charge in [-0.25, -0.2) is 0 Å². The summed E-state index contributed by atoms with van der Waals surface area (Å²) in [6.45, 7) is 3.04. The summed E-state index contributed by atoms with van der Waals surface area (Å²) in [7, 11) is 3.94. The smallest absolute Gasteiger partial charge is 0.242 e. The largest absolute Gasteiger partial charge is 0.368 e. The van der Waals surface area contributed by atoms with Crippen LogP contribution in [-0.2, 0) is 9.59 Å².